The summed E-state index contributed by atoms with van der Waals surface area (Å²) in [7, 11) is 0. The molecular formula is C14H23NO. The van der Waals surface area contributed by atoms with Crippen LogP contribution in [0.5, 0.6) is 0 Å². The van der Waals surface area contributed by atoms with E-state index in [4.69, 9.17) is 5.26 Å². The van der Waals surface area contributed by atoms with Crippen LogP contribution in [0.25, 0.3) is 0 Å². The number of unbranched alkanes of at least 4 members (excludes halogenated alkanes) is 2. The second-order valence-corrected chi connectivity index (χ2v) is 4.93. The van der Waals surface area contributed by atoms with Gasteiger partial charge in [0.2, 0.25) is 0 Å². The Labute approximate surface area is 99.3 Å². The van der Waals surface area contributed by atoms with E-state index in [0.717, 1.165) is 31.1 Å². The van der Waals surface area contributed by atoms with Gasteiger partial charge in [-0.2, -0.15) is 5.26 Å². The van der Waals surface area contributed by atoms with Crippen molar-refractivity contribution in [1.82, 2.24) is 0 Å². The molecule has 0 aromatic heterocycles. The van der Waals surface area contributed by atoms with Gasteiger partial charge in [0.15, 0.2) is 0 Å². The maximum absolute atomic E-state index is 10.3. The molecule has 0 spiro atoms. The van der Waals surface area contributed by atoms with Crippen molar-refractivity contribution in [3.8, 4) is 6.07 Å². The summed E-state index contributed by atoms with van der Waals surface area (Å²) >= 11 is 0. The summed E-state index contributed by atoms with van der Waals surface area (Å²) in [6, 6.07) is 2.27. The maximum atomic E-state index is 10.3. The number of nitriles is 1. The van der Waals surface area contributed by atoms with Crippen molar-refractivity contribution in [1.29, 1.82) is 5.26 Å². The zero-order chi connectivity index (χ0) is 12.4. The number of carbonyl (C=O) groups excluding carboxylic acids is 1. The molecule has 0 saturated carbocycles. The summed E-state index contributed by atoms with van der Waals surface area (Å²) in [5, 5.41) is 9.03. The highest BCUT2D eigenvalue weighted by Crippen LogP contribution is 2.26. The first-order chi connectivity index (χ1) is 7.55. The summed E-state index contributed by atoms with van der Waals surface area (Å²) in [5.74, 6) is 0. The van der Waals surface area contributed by atoms with Crippen LogP contribution in [0.15, 0.2) is 11.6 Å². The van der Waals surface area contributed by atoms with E-state index in [1.54, 1.807) is 0 Å². The molecule has 90 valence electrons. The fourth-order valence-corrected chi connectivity index (χ4v) is 1.70. The molecule has 0 aliphatic rings. The van der Waals surface area contributed by atoms with Crippen LogP contribution < -0.4 is 0 Å². The average molecular weight is 221 g/mol. The van der Waals surface area contributed by atoms with Crippen molar-refractivity contribution in [2.24, 2.45) is 5.41 Å². The van der Waals surface area contributed by atoms with E-state index in [0.29, 0.717) is 6.42 Å². The summed E-state index contributed by atoms with van der Waals surface area (Å²) < 4.78 is 0. The third kappa shape index (κ3) is 7.23. The van der Waals surface area contributed by atoms with Crippen LogP contribution in [0.3, 0.4) is 0 Å². The van der Waals surface area contributed by atoms with Gasteiger partial charge in [-0.15, -0.1) is 0 Å². The van der Waals surface area contributed by atoms with Crippen molar-refractivity contribution in [3.05, 3.63) is 11.6 Å². The molecule has 0 amide bonds. The minimum Gasteiger partial charge on any atom is -0.303 e. The highest BCUT2D eigenvalue weighted by molar-refractivity contribution is 5.49. The molecule has 2 nitrogen and oxygen atoms in total. The van der Waals surface area contributed by atoms with Gasteiger partial charge in [-0.3, -0.25) is 0 Å². The van der Waals surface area contributed by atoms with E-state index < -0.39 is 0 Å². The molecular weight excluding hydrogens is 198 g/mol. The molecule has 0 N–H and O–H groups in total. The average Bonchev–Trinajstić information content (AvgIpc) is 2.25. The topological polar surface area (TPSA) is 40.9 Å². The fourth-order valence-electron chi connectivity index (χ4n) is 1.70. The Hall–Kier alpha value is -1.10. The SMILES string of the molecule is CCCCCC(C#N)=CC(C)(C)CCC=O. The van der Waals surface area contributed by atoms with E-state index in [2.05, 4.69) is 26.8 Å². The molecule has 0 aliphatic carbocycles. The maximum Gasteiger partial charge on any atom is 0.120 e. The quantitative estimate of drug-likeness (QED) is 0.353. The van der Waals surface area contributed by atoms with Gasteiger partial charge in [-0.25, -0.2) is 0 Å². The lowest BCUT2D eigenvalue weighted by molar-refractivity contribution is -0.108. The van der Waals surface area contributed by atoms with Gasteiger partial charge in [0, 0.05) is 12.0 Å². The van der Waals surface area contributed by atoms with E-state index in [-0.39, 0.29) is 5.41 Å². The Morgan fingerprint density at radius 1 is 1.38 bits per heavy atom. The normalized spacial score (nSPS) is 12.2. The highest BCUT2D eigenvalue weighted by atomic mass is 16.1. The van der Waals surface area contributed by atoms with Crippen molar-refractivity contribution in [2.75, 3.05) is 0 Å². The first-order valence-corrected chi connectivity index (χ1v) is 6.11. The monoisotopic (exact) mass is 221 g/mol. The number of aldehydes is 1. The largest absolute Gasteiger partial charge is 0.303 e. The predicted molar refractivity (Wildman–Crippen MR) is 66.9 cm³/mol. The first kappa shape index (κ1) is 14.9. The lowest BCUT2D eigenvalue weighted by atomic mass is 9.85. The van der Waals surface area contributed by atoms with Gasteiger partial charge in [0.25, 0.3) is 0 Å². The zero-order valence-electron chi connectivity index (χ0n) is 10.8. The van der Waals surface area contributed by atoms with Gasteiger partial charge in [-0.1, -0.05) is 39.7 Å². The molecule has 0 heterocycles. The third-order valence-electron chi connectivity index (χ3n) is 2.66. The van der Waals surface area contributed by atoms with Crippen LogP contribution >= 0.6 is 0 Å². The Kier molecular flexibility index (Phi) is 7.54. The molecule has 0 radical (unpaired) electrons. The highest BCUT2D eigenvalue weighted by Gasteiger charge is 2.15. The van der Waals surface area contributed by atoms with Crippen LogP contribution in [-0.4, -0.2) is 6.29 Å². The first-order valence-electron chi connectivity index (χ1n) is 6.11. The van der Waals surface area contributed by atoms with Gasteiger partial charge in [0.1, 0.15) is 6.29 Å². The van der Waals surface area contributed by atoms with Gasteiger partial charge >= 0.3 is 0 Å². The number of carbonyl (C=O) groups is 1. The molecule has 0 aromatic carbocycles. The summed E-state index contributed by atoms with van der Waals surface area (Å²) in [6.45, 7) is 6.31. The minimum atomic E-state index is -0.0435. The van der Waals surface area contributed by atoms with Crippen LogP contribution in [0.4, 0.5) is 0 Å². The molecule has 0 aromatic rings. The van der Waals surface area contributed by atoms with Crippen molar-refractivity contribution >= 4 is 6.29 Å². The molecule has 0 unspecified atom stereocenters. The Morgan fingerprint density at radius 3 is 2.56 bits per heavy atom. The zero-order valence-corrected chi connectivity index (χ0v) is 10.8. The molecule has 0 aliphatic heterocycles. The van der Waals surface area contributed by atoms with Crippen molar-refractivity contribution in [3.63, 3.8) is 0 Å². The van der Waals surface area contributed by atoms with E-state index in [1.165, 1.54) is 12.8 Å². The van der Waals surface area contributed by atoms with E-state index >= 15 is 0 Å². The molecule has 0 bridgehead atoms. The molecule has 0 rings (SSSR count). The molecule has 16 heavy (non-hydrogen) atoms. The van der Waals surface area contributed by atoms with Crippen LogP contribution in [0.2, 0.25) is 0 Å². The van der Waals surface area contributed by atoms with Crippen molar-refractivity contribution < 1.29 is 4.79 Å². The Morgan fingerprint density at radius 2 is 2.06 bits per heavy atom. The van der Waals surface area contributed by atoms with Crippen LogP contribution in [-0.2, 0) is 4.79 Å². The Balaban J connectivity index is 4.31. The van der Waals surface area contributed by atoms with Gasteiger partial charge in [-0.05, 0) is 24.7 Å². The number of rotatable bonds is 8. The lowest BCUT2D eigenvalue weighted by Gasteiger charge is -2.19. The number of hydrogen-bond donors (Lipinski definition) is 0. The van der Waals surface area contributed by atoms with E-state index in [9.17, 15) is 4.79 Å². The summed E-state index contributed by atoms with van der Waals surface area (Å²) in [5.41, 5.74) is 0.822. The van der Waals surface area contributed by atoms with Gasteiger partial charge in [0.05, 0.1) is 6.07 Å². The van der Waals surface area contributed by atoms with E-state index in [1.807, 2.05) is 6.08 Å². The third-order valence-corrected chi connectivity index (χ3v) is 2.66. The summed E-state index contributed by atoms with van der Waals surface area (Å²) in [4.78, 5) is 10.3. The lowest BCUT2D eigenvalue weighted by Crippen LogP contribution is -2.08. The molecule has 0 saturated heterocycles. The smallest absolute Gasteiger partial charge is 0.120 e. The molecule has 2 heteroatoms. The number of allylic oxidation sites excluding steroid dienone is 2. The summed E-state index contributed by atoms with van der Waals surface area (Å²) in [6.07, 6.45) is 8.66. The second kappa shape index (κ2) is 8.10. The second-order valence-electron chi connectivity index (χ2n) is 4.93. The predicted octanol–water partition coefficient (Wildman–Crippen LogP) is 4.02. The van der Waals surface area contributed by atoms with Crippen molar-refractivity contribution in [2.45, 2.75) is 59.3 Å². The van der Waals surface area contributed by atoms with Crippen LogP contribution in [0.1, 0.15) is 59.3 Å². The number of nitrogens with zero attached hydrogens (tertiary/aromatic N) is 1. The standard InChI is InChI=1S/C14H23NO/c1-4-5-6-8-13(12-15)11-14(2,3)9-7-10-16/h10-11H,4-9H2,1-3H3. The molecule has 0 atom stereocenters. The fraction of sp³-hybridized carbons (Fsp3) is 0.714. The number of hydrogen-bond acceptors (Lipinski definition) is 2. The Bertz CT molecular complexity index is 271. The molecule has 0 fully saturated rings. The van der Waals surface area contributed by atoms with Gasteiger partial charge < -0.3 is 4.79 Å². The van der Waals surface area contributed by atoms with Crippen LogP contribution in [0, 0.1) is 16.7 Å². The minimum absolute atomic E-state index is 0.0435.